The smallest absolute Gasteiger partial charge is 0.346 e. The largest absolute Gasteiger partial charge is 0.417 e. The fraction of sp³-hybridized carbons (Fsp3) is 0.462. The number of carbonyl (C=O) groups is 1. The zero-order valence-corrected chi connectivity index (χ0v) is 13.4. The maximum atomic E-state index is 13.0. The standard InChI is InChI=1S/C13H14BrClF3NO/c1-7(15)12(2,3)19-11(20)9-5-4-8(14)6-10(9)13(16,17)18/h4-7H,1-3H3,(H,19,20). The zero-order valence-electron chi connectivity index (χ0n) is 11.1. The molecule has 0 aromatic heterocycles. The zero-order chi connectivity index (χ0) is 15.7. The van der Waals surface area contributed by atoms with Gasteiger partial charge in [0.2, 0.25) is 0 Å². The number of benzene rings is 1. The highest BCUT2D eigenvalue weighted by atomic mass is 79.9. The Labute approximate surface area is 128 Å². The molecule has 0 saturated heterocycles. The third-order valence-corrected chi connectivity index (χ3v) is 4.00. The lowest BCUT2D eigenvalue weighted by molar-refractivity contribution is -0.138. The van der Waals surface area contributed by atoms with Crippen molar-refractivity contribution in [1.29, 1.82) is 0 Å². The normalized spacial score (nSPS) is 14.0. The first-order chi connectivity index (χ1) is 8.95. The number of carbonyl (C=O) groups excluding carboxylic acids is 1. The summed E-state index contributed by atoms with van der Waals surface area (Å²) in [6.45, 7) is 4.96. The van der Waals surface area contributed by atoms with E-state index in [1.165, 1.54) is 6.07 Å². The van der Waals surface area contributed by atoms with Gasteiger partial charge in [0.1, 0.15) is 0 Å². The average Bonchev–Trinajstić information content (AvgIpc) is 2.26. The highest BCUT2D eigenvalue weighted by Gasteiger charge is 2.36. The van der Waals surface area contributed by atoms with E-state index >= 15 is 0 Å². The molecule has 20 heavy (non-hydrogen) atoms. The van der Waals surface area contributed by atoms with Crippen molar-refractivity contribution >= 4 is 33.4 Å². The van der Waals surface area contributed by atoms with Crippen LogP contribution in [-0.2, 0) is 6.18 Å². The molecule has 0 bridgehead atoms. The molecule has 0 spiro atoms. The third kappa shape index (κ3) is 4.12. The minimum Gasteiger partial charge on any atom is -0.346 e. The lowest BCUT2D eigenvalue weighted by atomic mass is 9.99. The first kappa shape index (κ1) is 17.3. The Morgan fingerprint density at radius 3 is 2.35 bits per heavy atom. The van der Waals surface area contributed by atoms with E-state index in [1.54, 1.807) is 20.8 Å². The number of hydrogen-bond acceptors (Lipinski definition) is 1. The molecule has 112 valence electrons. The van der Waals surface area contributed by atoms with Gasteiger partial charge in [0.25, 0.3) is 5.91 Å². The predicted molar refractivity (Wildman–Crippen MR) is 76.0 cm³/mol. The molecule has 0 heterocycles. The van der Waals surface area contributed by atoms with Gasteiger partial charge in [-0.1, -0.05) is 15.9 Å². The van der Waals surface area contributed by atoms with Gasteiger partial charge in [0, 0.05) is 4.47 Å². The quantitative estimate of drug-likeness (QED) is 0.772. The Hall–Kier alpha value is -0.750. The Morgan fingerprint density at radius 2 is 1.90 bits per heavy atom. The summed E-state index contributed by atoms with van der Waals surface area (Å²) in [5, 5.41) is 2.08. The first-order valence-electron chi connectivity index (χ1n) is 5.78. The van der Waals surface area contributed by atoms with Crippen molar-refractivity contribution in [2.75, 3.05) is 0 Å². The second kappa shape index (κ2) is 5.93. The minimum absolute atomic E-state index is 0.256. The maximum Gasteiger partial charge on any atom is 0.417 e. The summed E-state index contributed by atoms with van der Waals surface area (Å²) < 4.78 is 39.1. The molecular weight excluding hydrogens is 358 g/mol. The van der Waals surface area contributed by atoms with Crippen molar-refractivity contribution in [3.8, 4) is 0 Å². The molecule has 1 N–H and O–H groups in total. The monoisotopic (exact) mass is 371 g/mol. The van der Waals surface area contributed by atoms with Gasteiger partial charge in [-0.05, 0) is 39.0 Å². The van der Waals surface area contributed by atoms with Gasteiger partial charge in [-0.25, -0.2) is 0 Å². The van der Waals surface area contributed by atoms with Gasteiger partial charge >= 0.3 is 6.18 Å². The highest BCUT2D eigenvalue weighted by Crippen LogP contribution is 2.34. The maximum absolute atomic E-state index is 13.0. The van der Waals surface area contributed by atoms with Crippen LogP contribution in [0.2, 0.25) is 0 Å². The summed E-state index contributed by atoms with van der Waals surface area (Å²) in [6.07, 6.45) is -4.60. The molecule has 1 aromatic carbocycles. The second-order valence-corrected chi connectivity index (χ2v) is 6.55. The molecule has 1 rings (SSSR count). The fourth-order valence-electron chi connectivity index (χ4n) is 1.41. The summed E-state index contributed by atoms with van der Waals surface area (Å²) in [7, 11) is 0. The molecule has 0 aliphatic carbocycles. The van der Waals surface area contributed by atoms with Crippen molar-refractivity contribution in [3.05, 3.63) is 33.8 Å². The van der Waals surface area contributed by atoms with Gasteiger partial charge in [-0.3, -0.25) is 4.79 Å². The molecule has 0 fully saturated rings. The van der Waals surface area contributed by atoms with Crippen molar-refractivity contribution in [3.63, 3.8) is 0 Å². The number of rotatable bonds is 3. The molecular formula is C13H14BrClF3NO. The minimum atomic E-state index is -4.60. The number of halogens is 5. The molecule has 1 amide bonds. The third-order valence-electron chi connectivity index (χ3n) is 2.96. The van der Waals surface area contributed by atoms with Crippen LogP contribution in [0.4, 0.5) is 13.2 Å². The Morgan fingerprint density at radius 1 is 1.35 bits per heavy atom. The Kier molecular flexibility index (Phi) is 5.13. The van der Waals surface area contributed by atoms with Gasteiger partial charge in [-0.2, -0.15) is 13.2 Å². The van der Waals surface area contributed by atoms with Crippen molar-refractivity contribution in [2.24, 2.45) is 0 Å². The lowest BCUT2D eigenvalue weighted by Gasteiger charge is -2.29. The van der Waals surface area contributed by atoms with Gasteiger partial charge in [0.15, 0.2) is 0 Å². The summed E-state index contributed by atoms with van der Waals surface area (Å²) in [6, 6.07) is 3.41. The molecule has 0 saturated carbocycles. The van der Waals surface area contributed by atoms with E-state index in [9.17, 15) is 18.0 Å². The van der Waals surface area contributed by atoms with Crippen molar-refractivity contribution in [2.45, 2.75) is 37.9 Å². The SMILES string of the molecule is CC(Cl)C(C)(C)NC(=O)c1ccc(Br)cc1C(F)(F)F. The van der Waals surface area contributed by atoms with Gasteiger partial charge in [-0.15, -0.1) is 11.6 Å². The van der Waals surface area contributed by atoms with E-state index in [0.29, 0.717) is 0 Å². The van der Waals surface area contributed by atoms with E-state index in [0.717, 1.165) is 12.1 Å². The van der Waals surface area contributed by atoms with Crippen molar-refractivity contribution in [1.82, 2.24) is 5.32 Å². The van der Waals surface area contributed by atoms with E-state index < -0.39 is 34.1 Å². The molecule has 0 radical (unpaired) electrons. The number of nitrogens with one attached hydrogen (secondary N) is 1. The van der Waals surface area contributed by atoms with Gasteiger partial charge < -0.3 is 5.32 Å². The molecule has 1 unspecified atom stereocenters. The molecule has 1 aromatic rings. The molecule has 7 heteroatoms. The fourth-order valence-corrected chi connectivity index (χ4v) is 1.82. The number of amides is 1. The van der Waals surface area contributed by atoms with Crippen LogP contribution in [-0.4, -0.2) is 16.8 Å². The first-order valence-corrected chi connectivity index (χ1v) is 7.01. The van der Waals surface area contributed by atoms with Crippen molar-refractivity contribution < 1.29 is 18.0 Å². The number of alkyl halides is 4. The second-order valence-electron chi connectivity index (χ2n) is 4.98. The molecule has 0 aliphatic rings. The van der Waals surface area contributed by atoms with Crippen LogP contribution in [0.5, 0.6) is 0 Å². The Balaban J connectivity index is 3.18. The van der Waals surface area contributed by atoms with Crippen LogP contribution in [0.1, 0.15) is 36.7 Å². The van der Waals surface area contributed by atoms with Crippen LogP contribution in [0.25, 0.3) is 0 Å². The van der Waals surface area contributed by atoms with Crippen LogP contribution < -0.4 is 5.32 Å². The van der Waals surface area contributed by atoms with E-state index in [4.69, 9.17) is 11.6 Å². The van der Waals surface area contributed by atoms with Crippen LogP contribution >= 0.6 is 27.5 Å². The Bertz CT molecular complexity index is 515. The predicted octanol–water partition coefficient (Wildman–Crippen LogP) is 4.60. The van der Waals surface area contributed by atoms with Crippen LogP contribution in [0.15, 0.2) is 22.7 Å². The summed E-state index contributed by atoms with van der Waals surface area (Å²) in [5.74, 6) is -0.803. The van der Waals surface area contributed by atoms with Crippen LogP contribution in [0, 0.1) is 0 Å². The number of hydrogen-bond donors (Lipinski definition) is 1. The molecule has 2 nitrogen and oxygen atoms in total. The van der Waals surface area contributed by atoms with E-state index in [-0.39, 0.29) is 4.47 Å². The summed E-state index contributed by atoms with van der Waals surface area (Å²) in [4.78, 5) is 12.1. The summed E-state index contributed by atoms with van der Waals surface area (Å²) in [5.41, 5.74) is -2.23. The molecule has 0 aliphatic heterocycles. The highest BCUT2D eigenvalue weighted by molar-refractivity contribution is 9.10. The van der Waals surface area contributed by atoms with E-state index in [1.807, 2.05) is 0 Å². The lowest BCUT2D eigenvalue weighted by Crippen LogP contribution is -2.49. The van der Waals surface area contributed by atoms with E-state index in [2.05, 4.69) is 21.2 Å². The summed E-state index contributed by atoms with van der Waals surface area (Å²) >= 11 is 8.88. The topological polar surface area (TPSA) is 29.1 Å². The molecule has 1 atom stereocenters. The van der Waals surface area contributed by atoms with Gasteiger partial charge in [0.05, 0.1) is 22.0 Å². The van der Waals surface area contributed by atoms with Crippen LogP contribution in [0.3, 0.4) is 0 Å². The average molecular weight is 373 g/mol.